The van der Waals surface area contributed by atoms with Gasteiger partial charge in [0.15, 0.2) is 0 Å². The first-order valence-electron chi connectivity index (χ1n) is 11.9. The second-order valence-corrected chi connectivity index (χ2v) is 10.0. The number of benzene rings is 2. The minimum absolute atomic E-state index is 0.0591. The van der Waals surface area contributed by atoms with E-state index in [1.807, 2.05) is 13.8 Å². The molecule has 1 fully saturated rings. The first-order chi connectivity index (χ1) is 17.3. The van der Waals surface area contributed by atoms with Crippen LogP contribution in [0.3, 0.4) is 0 Å². The highest BCUT2D eigenvalue weighted by Gasteiger charge is 2.53. The number of nitrogens with zero attached hydrogens (tertiary/aromatic N) is 2. The van der Waals surface area contributed by atoms with Crippen LogP contribution in [0.1, 0.15) is 67.9 Å². The molecule has 10 heteroatoms. The summed E-state index contributed by atoms with van der Waals surface area (Å²) in [4.78, 5) is 25.1. The number of aromatic carboxylic acids is 1. The second kappa shape index (κ2) is 9.32. The smallest absolute Gasteiger partial charge is 0.416 e. The molecule has 0 saturated heterocycles. The molecule has 1 amide bonds. The molecule has 37 heavy (non-hydrogen) atoms. The number of halogens is 4. The topological polar surface area (TPSA) is 84.2 Å². The number of carbonyl (C=O) groups is 2. The molecule has 0 bridgehead atoms. The summed E-state index contributed by atoms with van der Waals surface area (Å²) in [5, 5.41) is 16.9. The molecule has 1 saturated carbocycles. The van der Waals surface area contributed by atoms with Gasteiger partial charge < -0.3 is 10.4 Å². The van der Waals surface area contributed by atoms with Gasteiger partial charge in [-0.25, -0.2) is 9.18 Å². The SMILES string of the molecule is CCCC(C)(C)n1cc(-c2ccc(NC(=O)C3(c4ccc(C(F)(F)F)cc4F)CC3)cc2C(=O)O)cn1. The van der Waals surface area contributed by atoms with Gasteiger partial charge in [0.25, 0.3) is 0 Å². The lowest BCUT2D eigenvalue weighted by Crippen LogP contribution is -2.29. The van der Waals surface area contributed by atoms with Crippen LogP contribution in [-0.2, 0) is 21.9 Å². The van der Waals surface area contributed by atoms with E-state index in [1.165, 1.54) is 12.1 Å². The average molecular weight is 518 g/mol. The van der Waals surface area contributed by atoms with Crippen LogP contribution < -0.4 is 5.32 Å². The van der Waals surface area contributed by atoms with Gasteiger partial charge in [0.05, 0.1) is 28.3 Å². The standard InChI is InChI=1S/C27H27F4N3O3/c1-4-9-25(2,3)34-15-16(14-32-34)19-7-6-18(13-20(19)23(35)36)33-24(37)26(10-11-26)21-8-5-17(12-22(21)28)27(29,30)31/h5-8,12-15H,4,9-11H2,1-3H3,(H,33,37)(H,35,36). The summed E-state index contributed by atoms with van der Waals surface area (Å²) in [6.07, 6.45) is 1.03. The van der Waals surface area contributed by atoms with Gasteiger partial charge in [0, 0.05) is 23.0 Å². The molecule has 1 aliphatic rings. The fourth-order valence-corrected chi connectivity index (χ4v) is 4.64. The van der Waals surface area contributed by atoms with Crippen molar-refractivity contribution in [1.29, 1.82) is 0 Å². The van der Waals surface area contributed by atoms with Crippen LogP contribution in [0, 0.1) is 5.82 Å². The normalized spacial score (nSPS) is 14.9. The summed E-state index contributed by atoms with van der Waals surface area (Å²) in [6.45, 7) is 6.15. The molecule has 196 valence electrons. The molecule has 0 atom stereocenters. The molecule has 1 aliphatic carbocycles. The Labute approximate surface area is 211 Å². The number of anilines is 1. The number of hydrogen-bond donors (Lipinski definition) is 2. The first kappa shape index (κ1) is 26.4. The molecule has 2 N–H and O–H groups in total. The fourth-order valence-electron chi connectivity index (χ4n) is 4.64. The van der Waals surface area contributed by atoms with Gasteiger partial charge in [-0.3, -0.25) is 9.48 Å². The van der Waals surface area contributed by atoms with E-state index in [1.54, 1.807) is 23.1 Å². The summed E-state index contributed by atoms with van der Waals surface area (Å²) in [5.41, 5.74) is -1.66. The van der Waals surface area contributed by atoms with E-state index in [4.69, 9.17) is 0 Å². The Balaban J connectivity index is 1.60. The average Bonchev–Trinajstić information content (AvgIpc) is 3.46. The molecule has 1 heterocycles. The van der Waals surface area contributed by atoms with Gasteiger partial charge in [-0.1, -0.05) is 25.5 Å². The minimum atomic E-state index is -4.70. The van der Waals surface area contributed by atoms with E-state index in [9.17, 15) is 32.3 Å². The third-order valence-corrected chi connectivity index (χ3v) is 6.88. The van der Waals surface area contributed by atoms with Crippen molar-refractivity contribution < 1.29 is 32.3 Å². The molecule has 0 unspecified atom stereocenters. The summed E-state index contributed by atoms with van der Waals surface area (Å²) >= 11 is 0. The van der Waals surface area contributed by atoms with Gasteiger partial charge in [-0.2, -0.15) is 18.3 Å². The van der Waals surface area contributed by atoms with Crippen molar-refractivity contribution in [1.82, 2.24) is 9.78 Å². The van der Waals surface area contributed by atoms with Crippen molar-refractivity contribution in [3.63, 3.8) is 0 Å². The zero-order chi connectivity index (χ0) is 27.2. The van der Waals surface area contributed by atoms with Crippen molar-refractivity contribution in [2.24, 2.45) is 0 Å². The van der Waals surface area contributed by atoms with Crippen molar-refractivity contribution in [2.45, 2.75) is 63.6 Å². The van der Waals surface area contributed by atoms with Gasteiger partial charge in [0.2, 0.25) is 5.91 Å². The first-order valence-corrected chi connectivity index (χ1v) is 11.9. The number of nitrogens with one attached hydrogen (secondary N) is 1. The summed E-state index contributed by atoms with van der Waals surface area (Å²) in [7, 11) is 0. The van der Waals surface area contributed by atoms with E-state index < -0.39 is 34.8 Å². The molecule has 0 spiro atoms. The maximum Gasteiger partial charge on any atom is 0.416 e. The zero-order valence-corrected chi connectivity index (χ0v) is 20.6. The number of carboxylic acid groups (broad SMARTS) is 1. The highest BCUT2D eigenvalue weighted by atomic mass is 19.4. The highest BCUT2D eigenvalue weighted by molar-refractivity contribution is 6.03. The Hall–Kier alpha value is -3.69. The second-order valence-electron chi connectivity index (χ2n) is 10.0. The maximum atomic E-state index is 14.6. The molecule has 0 radical (unpaired) electrons. The Bertz CT molecular complexity index is 1360. The largest absolute Gasteiger partial charge is 0.478 e. The molecule has 3 aromatic rings. The predicted molar refractivity (Wildman–Crippen MR) is 130 cm³/mol. The van der Waals surface area contributed by atoms with Crippen molar-refractivity contribution in [3.05, 3.63) is 71.3 Å². The Morgan fingerprint density at radius 2 is 1.84 bits per heavy atom. The summed E-state index contributed by atoms with van der Waals surface area (Å²) < 4.78 is 55.1. The van der Waals surface area contributed by atoms with Gasteiger partial charge in [-0.15, -0.1) is 0 Å². The number of hydrogen-bond acceptors (Lipinski definition) is 3. The Morgan fingerprint density at radius 3 is 2.41 bits per heavy atom. The fraction of sp³-hybridized carbons (Fsp3) is 0.370. The number of amides is 1. The van der Waals surface area contributed by atoms with Crippen LogP contribution in [-0.4, -0.2) is 26.8 Å². The Morgan fingerprint density at radius 1 is 1.14 bits per heavy atom. The molecular weight excluding hydrogens is 490 g/mol. The lowest BCUT2D eigenvalue weighted by molar-refractivity contribution is -0.137. The number of carbonyl (C=O) groups excluding carboxylic acids is 1. The van der Waals surface area contributed by atoms with Crippen molar-refractivity contribution in [2.75, 3.05) is 5.32 Å². The molecule has 0 aliphatic heterocycles. The van der Waals surface area contributed by atoms with Crippen LogP contribution in [0.2, 0.25) is 0 Å². The van der Waals surface area contributed by atoms with E-state index in [-0.39, 0.29) is 35.2 Å². The minimum Gasteiger partial charge on any atom is -0.478 e. The lowest BCUT2D eigenvalue weighted by atomic mass is 9.93. The van der Waals surface area contributed by atoms with Crippen LogP contribution in [0.4, 0.5) is 23.2 Å². The number of aromatic nitrogens is 2. The Kier molecular flexibility index (Phi) is 6.64. The summed E-state index contributed by atoms with van der Waals surface area (Å²) in [5.74, 6) is -2.92. The van der Waals surface area contributed by atoms with Gasteiger partial charge >= 0.3 is 12.1 Å². The monoisotopic (exact) mass is 517 g/mol. The number of alkyl halides is 3. The predicted octanol–water partition coefficient (Wildman–Crippen LogP) is 6.61. The maximum absolute atomic E-state index is 14.6. The van der Waals surface area contributed by atoms with Crippen molar-refractivity contribution >= 4 is 17.6 Å². The van der Waals surface area contributed by atoms with E-state index in [2.05, 4.69) is 17.3 Å². The van der Waals surface area contributed by atoms with E-state index in [0.717, 1.165) is 25.0 Å². The van der Waals surface area contributed by atoms with E-state index >= 15 is 0 Å². The van der Waals surface area contributed by atoms with Crippen molar-refractivity contribution in [3.8, 4) is 11.1 Å². The number of carboxylic acids is 1. The lowest BCUT2D eigenvalue weighted by Gasteiger charge is -2.24. The molecule has 2 aromatic carbocycles. The van der Waals surface area contributed by atoms with Gasteiger partial charge in [0.1, 0.15) is 5.82 Å². The number of rotatable bonds is 8. The van der Waals surface area contributed by atoms with E-state index in [0.29, 0.717) is 17.2 Å². The van der Waals surface area contributed by atoms with Crippen LogP contribution in [0.5, 0.6) is 0 Å². The third kappa shape index (κ3) is 5.10. The molecule has 4 rings (SSSR count). The van der Waals surface area contributed by atoms with Crippen LogP contribution >= 0.6 is 0 Å². The molecule has 1 aromatic heterocycles. The third-order valence-electron chi connectivity index (χ3n) is 6.88. The summed E-state index contributed by atoms with van der Waals surface area (Å²) in [6, 6.07) is 6.55. The molecular formula is C27H27F4N3O3. The van der Waals surface area contributed by atoms with Crippen LogP contribution in [0.25, 0.3) is 11.1 Å². The molecule has 6 nitrogen and oxygen atoms in total. The van der Waals surface area contributed by atoms with Crippen LogP contribution in [0.15, 0.2) is 48.8 Å². The quantitative estimate of drug-likeness (QED) is 0.329. The highest BCUT2D eigenvalue weighted by Crippen LogP contribution is 2.50. The van der Waals surface area contributed by atoms with Gasteiger partial charge in [-0.05, 0) is 62.9 Å². The zero-order valence-electron chi connectivity index (χ0n) is 20.6.